The Labute approximate surface area is 244 Å². The van der Waals surface area contributed by atoms with Crippen LogP contribution in [0.25, 0.3) is 0 Å². The van der Waals surface area contributed by atoms with Crippen LogP contribution in [-0.4, -0.2) is 25.4 Å². The molecule has 0 radical (unpaired) electrons. The van der Waals surface area contributed by atoms with E-state index < -0.39 is 26.9 Å². The molecule has 0 unspecified atom stereocenters. The smallest absolute Gasteiger partial charge is 0.213 e. The van der Waals surface area contributed by atoms with Gasteiger partial charge in [0.25, 0.3) is 0 Å². The third kappa shape index (κ3) is 6.06. The molecule has 1 heterocycles. The molecular formula is C33H28ClFN3O2S+. The highest BCUT2D eigenvalue weighted by Crippen LogP contribution is 2.41. The number of rotatable bonds is 9. The van der Waals surface area contributed by atoms with E-state index in [2.05, 4.69) is 10.3 Å². The van der Waals surface area contributed by atoms with Gasteiger partial charge in [0, 0.05) is 18.0 Å². The van der Waals surface area contributed by atoms with Crippen LogP contribution in [0.4, 0.5) is 10.1 Å². The van der Waals surface area contributed by atoms with Crippen molar-refractivity contribution >= 4 is 32.8 Å². The van der Waals surface area contributed by atoms with Gasteiger partial charge in [-0.3, -0.25) is 5.41 Å². The Morgan fingerprint density at radius 3 is 1.83 bits per heavy atom. The number of hydrogen-bond acceptors (Lipinski definition) is 4. The molecule has 8 heteroatoms. The van der Waals surface area contributed by atoms with E-state index in [1.807, 2.05) is 91.0 Å². The van der Waals surface area contributed by atoms with E-state index in [-0.39, 0.29) is 16.4 Å². The van der Waals surface area contributed by atoms with E-state index in [1.165, 1.54) is 18.3 Å². The fourth-order valence-corrected chi connectivity index (χ4v) is 6.01. The number of nitrogens with one attached hydrogen (secondary N) is 1. The van der Waals surface area contributed by atoms with Gasteiger partial charge in [0.2, 0.25) is 5.71 Å². The van der Waals surface area contributed by atoms with Gasteiger partial charge < -0.3 is 5.32 Å². The van der Waals surface area contributed by atoms with E-state index in [0.29, 0.717) is 16.8 Å². The number of anilines is 1. The molecule has 5 aromatic rings. The molecule has 0 aliphatic heterocycles. The number of sulfone groups is 1. The van der Waals surface area contributed by atoms with Crippen molar-refractivity contribution in [2.75, 3.05) is 11.6 Å². The van der Waals surface area contributed by atoms with Crippen LogP contribution in [0.15, 0.2) is 121 Å². The van der Waals surface area contributed by atoms with Gasteiger partial charge in [-0.2, -0.15) is 0 Å². The fourth-order valence-electron chi connectivity index (χ4n) is 5.05. The molecule has 41 heavy (non-hydrogen) atoms. The molecular weight excluding hydrogens is 557 g/mol. The van der Waals surface area contributed by atoms with Gasteiger partial charge in [-0.1, -0.05) is 103 Å². The van der Waals surface area contributed by atoms with Crippen LogP contribution in [0.1, 0.15) is 33.4 Å². The predicted molar refractivity (Wildman–Crippen MR) is 162 cm³/mol. The average Bonchev–Trinajstić information content (AvgIpc) is 2.97. The van der Waals surface area contributed by atoms with Gasteiger partial charge in [-0.05, 0) is 41.0 Å². The van der Waals surface area contributed by atoms with E-state index in [0.717, 1.165) is 22.9 Å². The molecule has 0 saturated heterocycles. The van der Waals surface area contributed by atoms with Gasteiger partial charge in [-0.25, -0.2) is 17.8 Å². The summed E-state index contributed by atoms with van der Waals surface area (Å²) in [4.78, 5) is 4.04. The third-order valence-electron chi connectivity index (χ3n) is 6.87. The monoisotopic (exact) mass is 584 g/mol. The van der Waals surface area contributed by atoms with Crippen molar-refractivity contribution in [3.8, 4) is 0 Å². The number of halogens is 2. The van der Waals surface area contributed by atoms with Crippen molar-refractivity contribution in [1.82, 2.24) is 4.98 Å². The molecule has 0 spiro atoms. The van der Waals surface area contributed by atoms with E-state index in [1.54, 1.807) is 12.1 Å². The summed E-state index contributed by atoms with van der Waals surface area (Å²) in [5.41, 5.74) is 3.43. The van der Waals surface area contributed by atoms with Crippen LogP contribution in [0.5, 0.6) is 0 Å². The van der Waals surface area contributed by atoms with Gasteiger partial charge >= 0.3 is 0 Å². The van der Waals surface area contributed by atoms with Crippen LogP contribution in [0.3, 0.4) is 0 Å². The molecule has 5 rings (SSSR count). The van der Waals surface area contributed by atoms with Gasteiger partial charge in [-0.15, -0.1) is 0 Å². The Morgan fingerprint density at radius 2 is 1.37 bits per heavy atom. The van der Waals surface area contributed by atoms with Crippen molar-refractivity contribution < 1.29 is 18.2 Å². The summed E-state index contributed by atoms with van der Waals surface area (Å²) in [6.07, 6.45) is 2.60. The van der Waals surface area contributed by atoms with Crippen molar-refractivity contribution in [1.29, 1.82) is 0 Å². The maximum Gasteiger partial charge on any atom is 0.213 e. The zero-order chi connectivity index (χ0) is 29.0. The number of nitrogens with two attached hydrogens (primary N) is 1. The lowest BCUT2D eigenvalue weighted by atomic mass is 9.76. The highest BCUT2D eigenvalue weighted by Gasteiger charge is 2.37. The molecule has 3 N–H and O–H groups in total. The second-order valence-corrected chi connectivity index (χ2v) is 12.3. The first-order valence-corrected chi connectivity index (χ1v) is 15.3. The maximum absolute atomic E-state index is 15.7. The lowest BCUT2D eigenvalue weighted by molar-refractivity contribution is -0.111. The normalized spacial score (nSPS) is 11.7. The number of nitrogens with zero attached hydrogens (tertiary/aromatic N) is 1. The van der Waals surface area contributed by atoms with E-state index in [4.69, 9.17) is 17.0 Å². The molecule has 0 aliphatic carbocycles. The summed E-state index contributed by atoms with van der Waals surface area (Å²) in [7, 11) is -3.53. The zero-order valence-corrected chi connectivity index (χ0v) is 23.8. The first-order chi connectivity index (χ1) is 19.7. The molecule has 0 amide bonds. The Hall–Kier alpha value is -4.33. The number of pyridine rings is 1. The van der Waals surface area contributed by atoms with Gasteiger partial charge in [0.15, 0.2) is 9.84 Å². The standard InChI is InChI=1S/C33H27ClFN3O2S/c1-41(39,40)22-24-19-28(32(36)23-17-18-37-31(34)20-23)30(21-29(24)35)38-33(25-11-5-2-6-12-25,26-13-7-3-8-14-26)27-15-9-4-10-16-27/h2-21,36,38H,22H2,1H3/p+1. The van der Waals surface area contributed by atoms with Crippen molar-refractivity contribution in [3.05, 3.63) is 166 Å². The number of aromatic nitrogens is 1. The van der Waals surface area contributed by atoms with Crippen LogP contribution in [0.2, 0.25) is 5.15 Å². The molecule has 0 bridgehead atoms. The van der Waals surface area contributed by atoms with Crippen LogP contribution in [0, 0.1) is 5.82 Å². The molecule has 1 aromatic heterocycles. The Morgan fingerprint density at radius 1 is 0.854 bits per heavy atom. The highest BCUT2D eigenvalue weighted by molar-refractivity contribution is 7.89. The fraction of sp³-hybridized carbons (Fsp3) is 0.0909. The number of benzene rings is 4. The Balaban J connectivity index is 1.80. The summed E-state index contributed by atoms with van der Waals surface area (Å²) in [6, 6.07) is 35.7. The lowest BCUT2D eigenvalue weighted by Crippen LogP contribution is -2.43. The summed E-state index contributed by atoms with van der Waals surface area (Å²) in [5.74, 6) is -1.14. The largest absolute Gasteiger partial charge is 0.367 e. The van der Waals surface area contributed by atoms with E-state index in [9.17, 15) is 8.42 Å². The topological polar surface area (TPSA) is 84.7 Å². The van der Waals surface area contributed by atoms with Gasteiger partial charge in [0.1, 0.15) is 16.5 Å². The summed E-state index contributed by atoms with van der Waals surface area (Å²) >= 11 is 6.17. The van der Waals surface area contributed by atoms with Crippen molar-refractivity contribution in [3.63, 3.8) is 0 Å². The Kier molecular flexibility index (Phi) is 8.01. The average molecular weight is 585 g/mol. The first kappa shape index (κ1) is 28.2. The molecule has 0 atom stereocenters. The molecule has 4 aromatic carbocycles. The lowest BCUT2D eigenvalue weighted by Gasteiger charge is -2.38. The summed E-state index contributed by atoms with van der Waals surface area (Å²) < 4.78 is 40.0. The van der Waals surface area contributed by atoms with E-state index >= 15 is 4.39 Å². The first-order valence-electron chi connectivity index (χ1n) is 12.9. The summed E-state index contributed by atoms with van der Waals surface area (Å²) in [5, 5.41) is 10.6. The second kappa shape index (κ2) is 11.6. The minimum absolute atomic E-state index is 0.0147. The van der Waals surface area contributed by atoms with Crippen LogP contribution in [-0.2, 0) is 21.1 Å². The molecule has 5 nitrogen and oxygen atoms in total. The molecule has 0 saturated carbocycles. The second-order valence-electron chi connectivity index (χ2n) is 9.81. The zero-order valence-electron chi connectivity index (χ0n) is 22.3. The number of hydrogen-bond donors (Lipinski definition) is 2. The van der Waals surface area contributed by atoms with Crippen molar-refractivity contribution in [2.45, 2.75) is 11.3 Å². The van der Waals surface area contributed by atoms with Crippen LogP contribution < -0.4 is 10.7 Å². The minimum atomic E-state index is -3.53. The quantitative estimate of drug-likeness (QED) is 0.138. The highest BCUT2D eigenvalue weighted by atomic mass is 35.5. The SMILES string of the molecule is CS(=O)(=O)Cc1cc(C(=[NH2+])c2ccnc(Cl)c2)c(NC(c2ccccc2)(c2ccccc2)c2ccccc2)cc1F. The minimum Gasteiger partial charge on any atom is -0.367 e. The predicted octanol–water partition coefficient (Wildman–Crippen LogP) is 5.42. The van der Waals surface area contributed by atoms with Crippen molar-refractivity contribution in [2.24, 2.45) is 0 Å². The van der Waals surface area contributed by atoms with Crippen LogP contribution >= 0.6 is 11.6 Å². The van der Waals surface area contributed by atoms with Gasteiger partial charge in [0.05, 0.1) is 22.6 Å². The molecule has 0 fully saturated rings. The molecule has 0 aliphatic rings. The molecule has 206 valence electrons. The maximum atomic E-state index is 15.7. The summed E-state index contributed by atoms with van der Waals surface area (Å²) in [6.45, 7) is 0. The Bertz CT molecular complexity index is 1700. The third-order valence-corrected chi connectivity index (χ3v) is 7.92.